The molecule has 0 atom stereocenters. The maximum atomic E-state index is 13.9. The first-order valence-electron chi connectivity index (χ1n) is 8.20. The van der Waals surface area contributed by atoms with Gasteiger partial charge in [-0.25, -0.2) is 14.1 Å². The van der Waals surface area contributed by atoms with Gasteiger partial charge in [0.05, 0.1) is 13.1 Å². The van der Waals surface area contributed by atoms with Crippen molar-refractivity contribution in [2.24, 2.45) is 0 Å². The normalized spacial score (nSPS) is 11.2. The maximum absolute atomic E-state index is 13.9. The lowest BCUT2D eigenvalue weighted by atomic mass is 10.1. The minimum atomic E-state index is -0.330. The average Bonchev–Trinajstić information content (AvgIpc) is 3.05. The highest BCUT2D eigenvalue weighted by molar-refractivity contribution is 5.67. The van der Waals surface area contributed by atoms with Gasteiger partial charge >= 0.3 is 0 Å². The van der Waals surface area contributed by atoms with E-state index in [9.17, 15) is 9.18 Å². The van der Waals surface area contributed by atoms with Gasteiger partial charge in [0, 0.05) is 5.56 Å². The molecule has 0 bridgehead atoms. The molecular weight excluding hydrogens is 333 g/mol. The van der Waals surface area contributed by atoms with Crippen LogP contribution in [0.1, 0.15) is 16.7 Å². The van der Waals surface area contributed by atoms with Gasteiger partial charge in [-0.3, -0.25) is 9.36 Å². The molecule has 0 radical (unpaired) electrons. The molecule has 0 spiro atoms. The summed E-state index contributed by atoms with van der Waals surface area (Å²) >= 11 is 0. The van der Waals surface area contributed by atoms with Crippen LogP contribution in [0, 0.1) is 12.7 Å². The van der Waals surface area contributed by atoms with E-state index in [4.69, 9.17) is 0 Å². The third-order valence-electron chi connectivity index (χ3n) is 4.37. The van der Waals surface area contributed by atoms with Crippen LogP contribution in [0.3, 0.4) is 0 Å². The SMILES string of the molecule is Cc1ccccc1Cn1cnc2c(nnn2Cc2ccccc2F)c1=O. The molecule has 0 aliphatic carbocycles. The van der Waals surface area contributed by atoms with Gasteiger partial charge in [-0.2, -0.15) is 0 Å². The Morgan fingerprint density at radius 3 is 2.50 bits per heavy atom. The van der Waals surface area contributed by atoms with Gasteiger partial charge in [0.2, 0.25) is 0 Å². The summed E-state index contributed by atoms with van der Waals surface area (Å²) in [5.74, 6) is -0.330. The number of hydrogen-bond donors (Lipinski definition) is 0. The zero-order valence-corrected chi connectivity index (χ0v) is 14.1. The molecule has 2 aromatic carbocycles. The van der Waals surface area contributed by atoms with Crippen LogP contribution in [0.5, 0.6) is 0 Å². The summed E-state index contributed by atoms with van der Waals surface area (Å²) in [6, 6.07) is 14.3. The molecule has 0 unspecified atom stereocenters. The van der Waals surface area contributed by atoms with Crippen molar-refractivity contribution >= 4 is 11.2 Å². The van der Waals surface area contributed by atoms with E-state index >= 15 is 0 Å². The van der Waals surface area contributed by atoms with Gasteiger partial charge in [0.15, 0.2) is 11.2 Å². The number of hydrogen-bond acceptors (Lipinski definition) is 4. The largest absolute Gasteiger partial charge is 0.293 e. The molecule has 26 heavy (non-hydrogen) atoms. The van der Waals surface area contributed by atoms with E-state index in [1.165, 1.54) is 21.6 Å². The molecule has 4 rings (SSSR count). The predicted octanol–water partition coefficient (Wildman–Crippen LogP) is 2.53. The fourth-order valence-corrected chi connectivity index (χ4v) is 2.87. The van der Waals surface area contributed by atoms with Crippen LogP contribution in [0.2, 0.25) is 0 Å². The van der Waals surface area contributed by atoms with Crippen molar-refractivity contribution in [3.8, 4) is 0 Å². The average molecular weight is 349 g/mol. The Labute approximate surface area is 148 Å². The highest BCUT2D eigenvalue weighted by atomic mass is 19.1. The molecule has 0 saturated carbocycles. The van der Waals surface area contributed by atoms with Crippen LogP contribution >= 0.6 is 0 Å². The van der Waals surface area contributed by atoms with Crippen molar-refractivity contribution in [2.45, 2.75) is 20.0 Å². The van der Waals surface area contributed by atoms with Gasteiger partial charge < -0.3 is 0 Å². The Morgan fingerprint density at radius 1 is 1.00 bits per heavy atom. The molecule has 0 amide bonds. The van der Waals surface area contributed by atoms with Crippen molar-refractivity contribution in [3.63, 3.8) is 0 Å². The second-order valence-electron chi connectivity index (χ2n) is 6.11. The Bertz CT molecular complexity index is 1150. The molecule has 2 aromatic heterocycles. The van der Waals surface area contributed by atoms with E-state index in [1.807, 2.05) is 31.2 Å². The van der Waals surface area contributed by atoms with Crippen molar-refractivity contribution in [3.05, 3.63) is 87.7 Å². The summed E-state index contributed by atoms with van der Waals surface area (Å²) < 4.78 is 16.8. The van der Waals surface area contributed by atoms with Crippen molar-refractivity contribution in [1.82, 2.24) is 24.5 Å². The highest BCUT2D eigenvalue weighted by Gasteiger charge is 2.14. The smallest absolute Gasteiger partial charge is 0.283 e. The molecule has 7 heteroatoms. The second-order valence-corrected chi connectivity index (χ2v) is 6.11. The molecule has 4 aromatic rings. The Morgan fingerprint density at radius 2 is 1.73 bits per heavy atom. The standard InChI is InChI=1S/C19H16FN5O/c1-13-6-2-3-7-14(13)10-24-12-21-18-17(19(24)26)22-23-25(18)11-15-8-4-5-9-16(15)20/h2-9,12H,10-11H2,1H3. The second kappa shape index (κ2) is 6.51. The number of aryl methyl sites for hydroxylation is 1. The van der Waals surface area contributed by atoms with Crippen molar-refractivity contribution in [1.29, 1.82) is 0 Å². The van der Waals surface area contributed by atoms with E-state index in [1.54, 1.807) is 18.2 Å². The van der Waals surface area contributed by atoms with Crippen molar-refractivity contribution < 1.29 is 4.39 Å². The van der Waals surface area contributed by atoms with Gasteiger partial charge in [0.1, 0.15) is 12.1 Å². The topological polar surface area (TPSA) is 65.6 Å². The summed E-state index contributed by atoms with van der Waals surface area (Å²) in [6.45, 7) is 2.57. The van der Waals surface area contributed by atoms with Gasteiger partial charge in [-0.15, -0.1) is 5.10 Å². The molecule has 0 N–H and O–H groups in total. The number of benzene rings is 2. The van der Waals surface area contributed by atoms with Gasteiger partial charge in [-0.1, -0.05) is 47.7 Å². The molecule has 130 valence electrons. The lowest BCUT2D eigenvalue weighted by Gasteiger charge is -2.08. The number of rotatable bonds is 4. The lowest BCUT2D eigenvalue weighted by Crippen LogP contribution is -2.22. The van der Waals surface area contributed by atoms with Crippen LogP contribution in [0.4, 0.5) is 4.39 Å². The molecule has 0 aliphatic rings. The molecule has 0 saturated heterocycles. The first kappa shape index (κ1) is 16.1. The number of nitrogens with zero attached hydrogens (tertiary/aromatic N) is 5. The summed E-state index contributed by atoms with van der Waals surface area (Å²) in [7, 11) is 0. The molecule has 6 nitrogen and oxygen atoms in total. The van der Waals surface area contributed by atoms with Gasteiger partial charge in [-0.05, 0) is 24.1 Å². The van der Waals surface area contributed by atoms with E-state index in [0.717, 1.165) is 11.1 Å². The Balaban J connectivity index is 1.71. The maximum Gasteiger partial charge on any atom is 0.283 e. The third kappa shape index (κ3) is 2.88. The highest BCUT2D eigenvalue weighted by Crippen LogP contribution is 2.12. The zero-order valence-electron chi connectivity index (χ0n) is 14.1. The molecule has 0 fully saturated rings. The van der Waals surface area contributed by atoms with E-state index in [0.29, 0.717) is 17.8 Å². The van der Waals surface area contributed by atoms with Crippen LogP contribution < -0.4 is 5.56 Å². The Kier molecular flexibility index (Phi) is 4.04. The zero-order chi connectivity index (χ0) is 18.1. The number of halogens is 1. The number of aromatic nitrogens is 5. The van der Waals surface area contributed by atoms with Crippen molar-refractivity contribution in [2.75, 3.05) is 0 Å². The summed E-state index contributed by atoms with van der Waals surface area (Å²) in [4.78, 5) is 17.0. The van der Waals surface area contributed by atoms with E-state index in [-0.39, 0.29) is 23.4 Å². The minimum Gasteiger partial charge on any atom is -0.293 e. The van der Waals surface area contributed by atoms with Gasteiger partial charge in [0.25, 0.3) is 5.56 Å². The Hall–Kier alpha value is -3.35. The molecular formula is C19H16FN5O. The summed E-state index contributed by atoms with van der Waals surface area (Å²) in [6.07, 6.45) is 1.48. The molecule has 2 heterocycles. The van der Waals surface area contributed by atoms with Crippen LogP contribution in [-0.2, 0) is 13.1 Å². The fraction of sp³-hybridized carbons (Fsp3) is 0.158. The monoisotopic (exact) mass is 349 g/mol. The summed E-state index contributed by atoms with van der Waals surface area (Å²) in [5, 5.41) is 7.95. The minimum absolute atomic E-state index is 0.164. The fourth-order valence-electron chi connectivity index (χ4n) is 2.87. The predicted molar refractivity (Wildman–Crippen MR) is 95.4 cm³/mol. The first-order valence-corrected chi connectivity index (χ1v) is 8.20. The third-order valence-corrected chi connectivity index (χ3v) is 4.37. The summed E-state index contributed by atoms with van der Waals surface area (Å²) in [5.41, 5.74) is 2.86. The van der Waals surface area contributed by atoms with E-state index < -0.39 is 0 Å². The molecule has 0 aliphatic heterocycles. The van der Waals surface area contributed by atoms with E-state index in [2.05, 4.69) is 15.3 Å². The van der Waals surface area contributed by atoms with Crippen LogP contribution in [-0.4, -0.2) is 24.5 Å². The quantitative estimate of drug-likeness (QED) is 0.568. The lowest BCUT2D eigenvalue weighted by molar-refractivity contribution is 0.581. The first-order chi connectivity index (χ1) is 12.6. The van der Waals surface area contributed by atoms with Crippen LogP contribution in [0.25, 0.3) is 11.2 Å². The number of fused-ring (bicyclic) bond motifs is 1. The van der Waals surface area contributed by atoms with Crippen LogP contribution in [0.15, 0.2) is 59.7 Å².